The van der Waals surface area contributed by atoms with Crippen molar-refractivity contribution in [2.75, 3.05) is 6.61 Å². The predicted molar refractivity (Wildman–Crippen MR) is 188 cm³/mol. The number of hydrogen-bond donors (Lipinski definition) is 0. The summed E-state index contributed by atoms with van der Waals surface area (Å²) in [4.78, 5) is 50.9. The van der Waals surface area contributed by atoms with Crippen LogP contribution in [0.3, 0.4) is 0 Å². The molecule has 9 nitrogen and oxygen atoms in total. The summed E-state index contributed by atoms with van der Waals surface area (Å²) in [5, 5.41) is 0.741. The number of benzene rings is 5. The molecule has 0 saturated carbocycles. The molecule has 0 aliphatic heterocycles. The molecule has 244 valence electrons. The molecule has 0 atom stereocenters. The molecule has 0 radical (unpaired) electrons. The summed E-state index contributed by atoms with van der Waals surface area (Å²) >= 11 is 0. The van der Waals surface area contributed by atoms with E-state index in [9.17, 15) is 19.2 Å². The van der Waals surface area contributed by atoms with E-state index in [1.807, 2.05) is 60.7 Å². The highest BCUT2D eigenvalue weighted by Crippen LogP contribution is 2.25. The minimum Gasteiger partial charge on any atom is -0.482 e. The van der Waals surface area contributed by atoms with Gasteiger partial charge in [-0.15, -0.1) is 0 Å². The van der Waals surface area contributed by atoms with Crippen molar-refractivity contribution < 1.29 is 32.6 Å². The van der Waals surface area contributed by atoms with Crippen molar-refractivity contribution in [2.45, 2.75) is 0 Å². The Kier molecular flexibility index (Phi) is 8.85. The second kappa shape index (κ2) is 14.0. The first kappa shape index (κ1) is 31.6. The Labute approximate surface area is 284 Å². The number of fused-ring (bicyclic) bond motifs is 2. The summed E-state index contributed by atoms with van der Waals surface area (Å²) in [6, 6.07) is 34.3. The topological polar surface area (TPSA) is 122 Å². The van der Waals surface area contributed by atoms with Crippen molar-refractivity contribution >= 4 is 40.0 Å². The Balaban J connectivity index is 0.919. The van der Waals surface area contributed by atoms with E-state index >= 15 is 0 Å². The number of esters is 2. The lowest BCUT2D eigenvalue weighted by atomic mass is 10.1. The van der Waals surface area contributed by atoms with Crippen LogP contribution in [0.2, 0.25) is 0 Å². The maximum absolute atomic E-state index is 13.0. The van der Waals surface area contributed by atoms with Crippen molar-refractivity contribution in [2.24, 2.45) is 0 Å². The molecule has 0 aliphatic carbocycles. The number of carbonyl (C=O) groups is 2. The fourth-order valence-electron chi connectivity index (χ4n) is 5.27. The molecule has 0 unspecified atom stereocenters. The molecular weight excluding hydrogens is 636 g/mol. The van der Waals surface area contributed by atoms with Gasteiger partial charge in [-0.05, 0) is 59.2 Å². The van der Waals surface area contributed by atoms with E-state index in [1.54, 1.807) is 42.5 Å². The SMILES string of the molecule is O=C(/C=C/c1ccc(OCC(=O)Oc2ccc3c(=O)c(-c4ccccc4)coc3c2)cc1)Oc1ccc2c(=O)c(-c3ccccc3)coc2c1. The zero-order valence-electron chi connectivity index (χ0n) is 26.2. The van der Waals surface area contributed by atoms with E-state index in [0.29, 0.717) is 38.8 Å². The van der Waals surface area contributed by atoms with Gasteiger partial charge in [-0.2, -0.15) is 0 Å². The van der Waals surface area contributed by atoms with E-state index < -0.39 is 11.9 Å². The average Bonchev–Trinajstić information content (AvgIpc) is 3.14. The van der Waals surface area contributed by atoms with Gasteiger partial charge in [0.2, 0.25) is 0 Å². The fraction of sp³-hybridized carbons (Fsp3) is 0.0244. The zero-order valence-corrected chi connectivity index (χ0v) is 26.2. The standard InChI is InChI=1S/C41H26O9/c42-38(49-30-16-18-32-36(21-30)47-23-34(40(32)44)27-7-3-1-4-8-27)20-13-26-11-14-29(15-12-26)46-25-39(43)50-31-17-19-33-37(22-31)48-24-35(41(33)45)28-9-5-2-6-10-28/h1-24H,25H2/b20-13+. The third kappa shape index (κ3) is 6.97. The van der Waals surface area contributed by atoms with E-state index in [-0.39, 0.29) is 34.5 Å². The van der Waals surface area contributed by atoms with E-state index in [1.165, 1.54) is 42.9 Å². The quantitative estimate of drug-likeness (QED) is 0.0864. The number of carbonyl (C=O) groups excluding carboxylic acids is 2. The lowest BCUT2D eigenvalue weighted by Crippen LogP contribution is -2.17. The molecule has 0 spiro atoms. The first-order chi connectivity index (χ1) is 24.4. The monoisotopic (exact) mass is 662 g/mol. The first-order valence-electron chi connectivity index (χ1n) is 15.5. The van der Waals surface area contributed by atoms with Crippen molar-refractivity contribution in [1.29, 1.82) is 0 Å². The molecule has 0 N–H and O–H groups in total. The van der Waals surface area contributed by atoms with Crippen LogP contribution in [-0.2, 0) is 9.59 Å². The van der Waals surface area contributed by atoms with Gasteiger partial charge in [0, 0.05) is 18.2 Å². The summed E-state index contributed by atoms with van der Waals surface area (Å²) in [6.07, 6.45) is 5.62. The third-order valence-corrected chi connectivity index (χ3v) is 7.76. The average molecular weight is 663 g/mol. The van der Waals surface area contributed by atoms with Crippen LogP contribution in [0.1, 0.15) is 5.56 Å². The van der Waals surface area contributed by atoms with Crippen molar-refractivity contribution in [1.82, 2.24) is 0 Å². The molecule has 7 rings (SSSR count). The zero-order chi connectivity index (χ0) is 34.5. The molecule has 5 aromatic carbocycles. The van der Waals surface area contributed by atoms with Crippen LogP contribution >= 0.6 is 0 Å². The van der Waals surface area contributed by atoms with Crippen LogP contribution in [0.4, 0.5) is 0 Å². The predicted octanol–water partition coefficient (Wildman–Crippen LogP) is 7.84. The number of rotatable bonds is 9. The first-order valence-corrected chi connectivity index (χ1v) is 15.5. The van der Waals surface area contributed by atoms with Gasteiger partial charge in [-0.25, -0.2) is 9.59 Å². The fourth-order valence-corrected chi connectivity index (χ4v) is 5.27. The van der Waals surface area contributed by atoms with Gasteiger partial charge in [0.15, 0.2) is 17.5 Å². The Morgan fingerprint density at radius 2 is 1.08 bits per heavy atom. The van der Waals surface area contributed by atoms with Gasteiger partial charge < -0.3 is 23.0 Å². The summed E-state index contributed by atoms with van der Waals surface area (Å²) in [5.41, 5.74) is 3.28. The second-order valence-electron chi connectivity index (χ2n) is 11.1. The van der Waals surface area contributed by atoms with Gasteiger partial charge in [0.1, 0.15) is 40.9 Å². The Morgan fingerprint density at radius 1 is 0.580 bits per heavy atom. The molecule has 2 aromatic heterocycles. The smallest absolute Gasteiger partial charge is 0.349 e. The normalized spacial score (nSPS) is 11.1. The van der Waals surface area contributed by atoms with Crippen molar-refractivity contribution in [3.05, 3.63) is 166 Å². The van der Waals surface area contributed by atoms with Gasteiger partial charge in [0.25, 0.3) is 0 Å². The summed E-state index contributed by atoms with van der Waals surface area (Å²) in [5.74, 6) is -0.430. The molecule has 7 aromatic rings. The molecule has 2 heterocycles. The number of hydrogen-bond acceptors (Lipinski definition) is 9. The lowest BCUT2D eigenvalue weighted by Gasteiger charge is -2.08. The molecule has 0 aliphatic rings. The maximum Gasteiger partial charge on any atom is 0.349 e. The Morgan fingerprint density at radius 3 is 1.62 bits per heavy atom. The van der Waals surface area contributed by atoms with Gasteiger partial charge in [-0.3, -0.25) is 9.59 Å². The van der Waals surface area contributed by atoms with Gasteiger partial charge in [-0.1, -0.05) is 72.8 Å². The molecule has 9 heteroatoms. The van der Waals surface area contributed by atoms with Crippen LogP contribution in [0.25, 0.3) is 50.3 Å². The molecule has 0 amide bonds. The molecule has 50 heavy (non-hydrogen) atoms. The summed E-state index contributed by atoms with van der Waals surface area (Å²) in [7, 11) is 0. The highest BCUT2D eigenvalue weighted by atomic mass is 16.6. The second-order valence-corrected chi connectivity index (χ2v) is 11.1. The van der Waals surface area contributed by atoms with Crippen LogP contribution in [-0.4, -0.2) is 18.5 Å². The van der Waals surface area contributed by atoms with Crippen molar-refractivity contribution in [3.8, 4) is 39.5 Å². The van der Waals surface area contributed by atoms with E-state index in [2.05, 4.69) is 0 Å². The van der Waals surface area contributed by atoms with Crippen LogP contribution in [0.5, 0.6) is 17.2 Å². The third-order valence-electron chi connectivity index (χ3n) is 7.76. The molecule has 0 fully saturated rings. The number of ether oxygens (including phenoxy) is 3. The van der Waals surface area contributed by atoms with Crippen LogP contribution in [0.15, 0.2) is 158 Å². The summed E-state index contributed by atoms with van der Waals surface area (Å²) in [6.45, 7) is -0.365. The van der Waals surface area contributed by atoms with Gasteiger partial charge in [0.05, 0.1) is 21.9 Å². The minimum absolute atomic E-state index is 0.182. The maximum atomic E-state index is 13.0. The molecular formula is C41H26O9. The molecule has 0 saturated heterocycles. The van der Waals surface area contributed by atoms with Crippen LogP contribution in [0, 0.1) is 0 Å². The van der Waals surface area contributed by atoms with E-state index in [0.717, 1.165) is 11.1 Å². The minimum atomic E-state index is -0.649. The lowest BCUT2D eigenvalue weighted by molar-refractivity contribution is -0.136. The highest BCUT2D eigenvalue weighted by Gasteiger charge is 2.13. The Bertz CT molecular complexity index is 2500. The summed E-state index contributed by atoms with van der Waals surface area (Å²) < 4.78 is 27.7. The molecule has 0 bridgehead atoms. The van der Waals surface area contributed by atoms with Crippen LogP contribution < -0.4 is 25.1 Å². The van der Waals surface area contributed by atoms with Crippen molar-refractivity contribution in [3.63, 3.8) is 0 Å². The van der Waals surface area contributed by atoms with Gasteiger partial charge >= 0.3 is 11.9 Å². The Hall–Kier alpha value is -7.00. The largest absolute Gasteiger partial charge is 0.482 e. The highest BCUT2D eigenvalue weighted by molar-refractivity contribution is 5.90. The van der Waals surface area contributed by atoms with E-state index in [4.69, 9.17) is 23.0 Å².